The molecule has 0 aliphatic heterocycles. The number of ether oxygens (including phenoxy) is 1. The van der Waals surface area contributed by atoms with Crippen LogP contribution in [0.5, 0.6) is 0 Å². The fourth-order valence-corrected chi connectivity index (χ4v) is 1.30. The first-order chi connectivity index (χ1) is 5.70. The number of hydrogen-bond acceptors (Lipinski definition) is 3. The number of carboxylic acid groups (broad SMARTS) is 1. The van der Waals surface area contributed by atoms with Crippen molar-refractivity contribution in [1.29, 1.82) is 0 Å². The Labute approximate surface area is 74.6 Å². The molecule has 66 valence electrons. The minimum absolute atomic E-state index is 0.380. The van der Waals surface area contributed by atoms with Crippen LogP contribution in [0, 0.1) is 0 Å². The van der Waals surface area contributed by atoms with Crippen LogP contribution < -0.4 is 0 Å². The second-order valence-electron chi connectivity index (χ2n) is 2.37. The van der Waals surface area contributed by atoms with Crippen molar-refractivity contribution < 1.29 is 14.6 Å². The van der Waals surface area contributed by atoms with Gasteiger partial charge in [-0.3, -0.25) is 0 Å². The van der Waals surface area contributed by atoms with E-state index in [1.165, 1.54) is 6.92 Å². The SMILES string of the molecule is CC(OCc1cccs1)C(=O)O. The molecule has 0 saturated carbocycles. The van der Waals surface area contributed by atoms with Crippen molar-refractivity contribution in [3.05, 3.63) is 22.4 Å². The lowest BCUT2D eigenvalue weighted by atomic mass is 10.4. The molecule has 0 saturated heterocycles. The highest BCUT2D eigenvalue weighted by Crippen LogP contribution is 2.10. The quantitative estimate of drug-likeness (QED) is 0.779. The summed E-state index contributed by atoms with van der Waals surface area (Å²) in [6.45, 7) is 1.90. The Hall–Kier alpha value is -0.870. The van der Waals surface area contributed by atoms with Crippen LogP contribution in [0.3, 0.4) is 0 Å². The van der Waals surface area contributed by atoms with E-state index in [0.717, 1.165) is 4.88 Å². The third-order valence-corrected chi connectivity index (χ3v) is 2.25. The monoisotopic (exact) mass is 186 g/mol. The lowest BCUT2D eigenvalue weighted by Crippen LogP contribution is -2.19. The van der Waals surface area contributed by atoms with Gasteiger partial charge in [-0.15, -0.1) is 11.3 Å². The molecule has 0 radical (unpaired) electrons. The standard InChI is InChI=1S/C8H10O3S/c1-6(8(9)10)11-5-7-3-2-4-12-7/h2-4,6H,5H2,1H3,(H,9,10). The van der Waals surface area contributed by atoms with Crippen LogP contribution in [-0.2, 0) is 16.1 Å². The molecule has 1 heterocycles. The molecule has 3 nitrogen and oxygen atoms in total. The molecule has 0 aliphatic rings. The van der Waals surface area contributed by atoms with Gasteiger partial charge in [0.2, 0.25) is 0 Å². The lowest BCUT2D eigenvalue weighted by Gasteiger charge is -2.05. The van der Waals surface area contributed by atoms with E-state index in [-0.39, 0.29) is 0 Å². The van der Waals surface area contributed by atoms with E-state index >= 15 is 0 Å². The summed E-state index contributed by atoms with van der Waals surface area (Å²) < 4.78 is 5.06. The fraction of sp³-hybridized carbons (Fsp3) is 0.375. The molecule has 0 amide bonds. The molecule has 1 N–H and O–H groups in total. The van der Waals surface area contributed by atoms with Gasteiger partial charge < -0.3 is 9.84 Å². The van der Waals surface area contributed by atoms with Gasteiger partial charge in [-0.05, 0) is 18.4 Å². The molecule has 1 rings (SSSR count). The summed E-state index contributed by atoms with van der Waals surface area (Å²) in [6.07, 6.45) is -0.730. The number of carboxylic acids is 1. The van der Waals surface area contributed by atoms with Gasteiger partial charge >= 0.3 is 5.97 Å². The minimum atomic E-state index is -0.924. The predicted molar refractivity (Wildman–Crippen MR) is 46.2 cm³/mol. The van der Waals surface area contributed by atoms with Gasteiger partial charge in [-0.25, -0.2) is 4.79 Å². The summed E-state index contributed by atoms with van der Waals surface area (Å²) in [5, 5.41) is 10.4. The zero-order valence-electron chi connectivity index (χ0n) is 6.69. The topological polar surface area (TPSA) is 46.5 Å². The maximum Gasteiger partial charge on any atom is 0.332 e. The highest BCUT2D eigenvalue weighted by molar-refractivity contribution is 7.09. The van der Waals surface area contributed by atoms with E-state index in [4.69, 9.17) is 9.84 Å². The molecular formula is C8H10O3S. The third-order valence-electron chi connectivity index (χ3n) is 1.40. The summed E-state index contributed by atoms with van der Waals surface area (Å²) in [6, 6.07) is 3.83. The van der Waals surface area contributed by atoms with Crippen LogP contribution in [0.25, 0.3) is 0 Å². The Bertz CT molecular complexity index is 243. The Morgan fingerprint density at radius 3 is 3.08 bits per heavy atom. The fourth-order valence-electron chi connectivity index (χ4n) is 0.673. The summed E-state index contributed by atoms with van der Waals surface area (Å²) in [7, 11) is 0. The van der Waals surface area contributed by atoms with Crippen LogP contribution in [-0.4, -0.2) is 17.2 Å². The molecule has 1 aromatic rings. The van der Waals surface area contributed by atoms with Gasteiger partial charge in [-0.1, -0.05) is 6.07 Å². The normalized spacial score (nSPS) is 12.8. The molecule has 1 aromatic heterocycles. The molecule has 1 atom stereocenters. The molecule has 0 aromatic carbocycles. The van der Waals surface area contributed by atoms with Crippen LogP contribution in [0.15, 0.2) is 17.5 Å². The Kier molecular flexibility index (Phi) is 3.25. The van der Waals surface area contributed by atoms with Gasteiger partial charge in [0.25, 0.3) is 0 Å². The van der Waals surface area contributed by atoms with E-state index in [1.807, 2.05) is 17.5 Å². The average molecular weight is 186 g/mol. The number of rotatable bonds is 4. The van der Waals surface area contributed by atoms with Crippen molar-refractivity contribution in [1.82, 2.24) is 0 Å². The van der Waals surface area contributed by atoms with Crippen LogP contribution >= 0.6 is 11.3 Å². The summed E-state index contributed by atoms with van der Waals surface area (Å²) in [4.78, 5) is 11.4. The molecule has 0 fully saturated rings. The largest absolute Gasteiger partial charge is 0.479 e. The highest BCUT2D eigenvalue weighted by atomic mass is 32.1. The molecule has 12 heavy (non-hydrogen) atoms. The summed E-state index contributed by atoms with van der Waals surface area (Å²) in [5.74, 6) is -0.924. The van der Waals surface area contributed by atoms with Crippen LogP contribution in [0.1, 0.15) is 11.8 Å². The zero-order valence-corrected chi connectivity index (χ0v) is 7.50. The van der Waals surface area contributed by atoms with Gasteiger partial charge in [0.1, 0.15) is 0 Å². The van der Waals surface area contributed by atoms with E-state index in [1.54, 1.807) is 11.3 Å². The second kappa shape index (κ2) is 4.23. The highest BCUT2D eigenvalue weighted by Gasteiger charge is 2.10. The first kappa shape index (κ1) is 9.22. The smallest absolute Gasteiger partial charge is 0.332 e. The zero-order chi connectivity index (χ0) is 8.97. The van der Waals surface area contributed by atoms with Crippen molar-refractivity contribution in [2.45, 2.75) is 19.6 Å². The minimum Gasteiger partial charge on any atom is -0.479 e. The van der Waals surface area contributed by atoms with Gasteiger partial charge in [0.15, 0.2) is 6.10 Å². The molecule has 4 heteroatoms. The third kappa shape index (κ3) is 2.64. The number of hydrogen-bond donors (Lipinski definition) is 1. The van der Waals surface area contributed by atoms with Crippen molar-refractivity contribution in [2.24, 2.45) is 0 Å². The van der Waals surface area contributed by atoms with Crippen LogP contribution in [0.4, 0.5) is 0 Å². The first-order valence-electron chi connectivity index (χ1n) is 3.57. The molecule has 0 spiro atoms. The molecule has 1 unspecified atom stereocenters. The van der Waals surface area contributed by atoms with Crippen molar-refractivity contribution in [3.63, 3.8) is 0 Å². The van der Waals surface area contributed by atoms with E-state index in [9.17, 15) is 4.79 Å². The van der Waals surface area contributed by atoms with E-state index in [2.05, 4.69) is 0 Å². The maximum atomic E-state index is 10.3. The van der Waals surface area contributed by atoms with Gasteiger partial charge in [0, 0.05) is 4.88 Å². The summed E-state index contributed by atoms with van der Waals surface area (Å²) >= 11 is 1.56. The maximum absolute atomic E-state index is 10.3. The molecular weight excluding hydrogens is 176 g/mol. The van der Waals surface area contributed by atoms with E-state index in [0.29, 0.717) is 6.61 Å². The average Bonchev–Trinajstić information content (AvgIpc) is 2.51. The van der Waals surface area contributed by atoms with Gasteiger partial charge in [-0.2, -0.15) is 0 Å². The summed E-state index contributed by atoms with van der Waals surface area (Å²) in [5.41, 5.74) is 0. The molecule has 0 aliphatic carbocycles. The van der Waals surface area contributed by atoms with E-state index < -0.39 is 12.1 Å². The number of aliphatic carboxylic acids is 1. The number of thiophene rings is 1. The second-order valence-corrected chi connectivity index (χ2v) is 3.40. The predicted octanol–water partition coefficient (Wildman–Crippen LogP) is 1.74. The lowest BCUT2D eigenvalue weighted by molar-refractivity contribution is -0.149. The van der Waals surface area contributed by atoms with Crippen LogP contribution in [0.2, 0.25) is 0 Å². The molecule has 0 bridgehead atoms. The van der Waals surface area contributed by atoms with Crippen molar-refractivity contribution in [2.75, 3.05) is 0 Å². The van der Waals surface area contributed by atoms with Gasteiger partial charge in [0.05, 0.1) is 6.61 Å². The Morgan fingerprint density at radius 2 is 2.58 bits per heavy atom. The Morgan fingerprint density at radius 1 is 1.83 bits per heavy atom. The Balaban J connectivity index is 2.31. The first-order valence-corrected chi connectivity index (χ1v) is 4.45. The number of carbonyl (C=O) groups is 1. The van der Waals surface area contributed by atoms with Crippen molar-refractivity contribution >= 4 is 17.3 Å². The van der Waals surface area contributed by atoms with Crippen molar-refractivity contribution in [3.8, 4) is 0 Å².